The first-order valence-electron chi connectivity index (χ1n) is 9.97. The maximum Gasteiger partial charge on any atom is 0.408 e. The number of halogens is 5. The lowest BCUT2D eigenvalue weighted by molar-refractivity contribution is -0.197. The Labute approximate surface area is 208 Å². The molecule has 32 heavy (non-hydrogen) atoms. The van der Waals surface area contributed by atoms with E-state index in [0.29, 0.717) is 10.0 Å². The summed E-state index contributed by atoms with van der Waals surface area (Å²) in [5.41, 5.74) is 6.25. The van der Waals surface area contributed by atoms with Gasteiger partial charge in [-0.25, -0.2) is 0 Å². The summed E-state index contributed by atoms with van der Waals surface area (Å²) in [7, 11) is 0. The van der Waals surface area contributed by atoms with Crippen molar-refractivity contribution in [2.45, 2.75) is 51.0 Å². The van der Waals surface area contributed by atoms with Gasteiger partial charge in [-0.1, -0.05) is 54.0 Å². The highest BCUT2D eigenvalue weighted by molar-refractivity contribution is 14.1. The predicted octanol–water partition coefficient (Wildman–Crippen LogP) is 5.99. The first-order chi connectivity index (χ1) is 14.9. The second-order valence-electron chi connectivity index (χ2n) is 7.97. The van der Waals surface area contributed by atoms with Crippen molar-refractivity contribution in [3.05, 3.63) is 67.7 Å². The minimum Gasteiger partial charge on any atom is -0.368 e. The summed E-state index contributed by atoms with van der Waals surface area (Å²) in [4.78, 5) is 13.4. The molecule has 0 aliphatic heterocycles. The van der Waals surface area contributed by atoms with Gasteiger partial charge in [-0.05, 0) is 70.3 Å². The highest BCUT2D eigenvalue weighted by Crippen LogP contribution is 2.41. The number of hydrogen-bond donors (Lipinski definition) is 1. The predicted molar refractivity (Wildman–Crippen MR) is 129 cm³/mol. The first kappa shape index (κ1) is 26.6. The number of hydrogen-bond acceptors (Lipinski definition) is 3. The maximum atomic E-state index is 14.5. The third-order valence-electron chi connectivity index (χ3n) is 5.03. The average Bonchev–Trinajstić information content (AvgIpc) is 2.70. The van der Waals surface area contributed by atoms with Crippen LogP contribution in [0.5, 0.6) is 0 Å². The molecule has 0 unspecified atom stereocenters. The molecule has 1 amide bonds. The van der Waals surface area contributed by atoms with Crippen LogP contribution in [0.25, 0.3) is 0 Å². The summed E-state index contributed by atoms with van der Waals surface area (Å²) in [5, 5.41) is 9.96. The fourth-order valence-electron chi connectivity index (χ4n) is 3.65. The molecule has 2 aromatic carbocycles. The Hall–Kier alpha value is -1.64. The number of carbonyl (C=O) groups excluding carboxylic acids is 1. The Morgan fingerprint density at radius 2 is 1.72 bits per heavy atom. The van der Waals surface area contributed by atoms with Crippen LogP contribution in [0.3, 0.4) is 0 Å². The van der Waals surface area contributed by atoms with Gasteiger partial charge in [-0.15, -0.1) is 0 Å². The Balaban J connectivity index is 2.65. The van der Waals surface area contributed by atoms with Crippen LogP contribution in [0.2, 0.25) is 0 Å². The SMILES string of the molecule is CC(C)C[C@@H](C(N)=O)N([C@H](C#N)Cc1ccc(I)cc1)[C@@H](c1ccc(Br)cc1)C(F)(F)F. The third kappa shape index (κ3) is 7.18. The summed E-state index contributed by atoms with van der Waals surface area (Å²) in [6.07, 6.45) is -4.61. The molecule has 0 radical (unpaired) electrons. The van der Waals surface area contributed by atoms with Gasteiger partial charge in [-0.2, -0.15) is 18.4 Å². The van der Waals surface area contributed by atoms with Gasteiger partial charge < -0.3 is 5.73 Å². The molecular weight excluding hydrogens is 598 g/mol. The number of rotatable bonds is 9. The molecule has 0 fully saturated rings. The molecule has 0 aliphatic rings. The van der Waals surface area contributed by atoms with E-state index < -0.39 is 30.2 Å². The van der Waals surface area contributed by atoms with Crippen LogP contribution < -0.4 is 5.73 Å². The Bertz CT molecular complexity index is 943. The average molecular weight is 622 g/mol. The number of nitrogens with zero attached hydrogens (tertiary/aromatic N) is 2. The molecule has 2 aromatic rings. The number of benzene rings is 2. The van der Waals surface area contributed by atoms with Crippen molar-refractivity contribution in [3.8, 4) is 6.07 Å². The van der Waals surface area contributed by atoms with E-state index in [-0.39, 0.29) is 24.3 Å². The van der Waals surface area contributed by atoms with Gasteiger partial charge in [0.05, 0.1) is 12.1 Å². The zero-order valence-electron chi connectivity index (χ0n) is 17.6. The van der Waals surface area contributed by atoms with Gasteiger partial charge in [0, 0.05) is 14.5 Å². The molecule has 3 atom stereocenters. The van der Waals surface area contributed by atoms with Crippen LogP contribution in [0.4, 0.5) is 13.2 Å². The van der Waals surface area contributed by atoms with Gasteiger partial charge >= 0.3 is 6.18 Å². The molecule has 9 heteroatoms. The van der Waals surface area contributed by atoms with E-state index in [2.05, 4.69) is 38.5 Å². The van der Waals surface area contributed by atoms with E-state index >= 15 is 0 Å². The summed E-state index contributed by atoms with van der Waals surface area (Å²) in [5.74, 6) is -0.987. The van der Waals surface area contributed by atoms with Gasteiger partial charge in [0.15, 0.2) is 0 Å². The largest absolute Gasteiger partial charge is 0.408 e. The molecule has 172 valence electrons. The standard InChI is InChI=1S/C23H24BrF3IN3O/c1-14(2)11-20(22(30)32)31(19(13-29)12-15-3-9-18(28)10-4-15)21(23(25,26)27)16-5-7-17(24)8-6-16/h3-10,14,19-21H,11-12H2,1-2H3,(H2,30,32)/t19-,20-,21-/m0/s1. The van der Waals surface area contributed by atoms with Gasteiger partial charge in [0.25, 0.3) is 0 Å². The minimum absolute atomic E-state index is 0.0262. The van der Waals surface area contributed by atoms with Gasteiger partial charge in [0.1, 0.15) is 12.1 Å². The normalized spacial score (nSPS) is 14.8. The lowest BCUT2D eigenvalue weighted by atomic mass is 9.93. The Morgan fingerprint density at radius 1 is 1.16 bits per heavy atom. The Morgan fingerprint density at radius 3 is 2.16 bits per heavy atom. The van der Waals surface area contributed by atoms with Crippen molar-refractivity contribution in [2.75, 3.05) is 0 Å². The van der Waals surface area contributed by atoms with Gasteiger partial charge in [0.2, 0.25) is 5.91 Å². The van der Waals surface area contributed by atoms with Crippen molar-refractivity contribution in [1.82, 2.24) is 4.90 Å². The molecule has 2 N–H and O–H groups in total. The summed E-state index contributed by atoms with van der Waals surface area (Å²) in [6, 6.07) is 10.3. The highest BCUT2D eigenvalue weighted by atomic mass is 127. The fourth-order valence-corrected chi connectivity index (χ4v) is 4.27. The maximum absolute atomic E-state index is 14.5. The summed E-state index contributed by atoms with van der Waals surface area (Å²) >= 11 is 5.37. The number of primary amides is 1. The number of nitriles is 1. The Kier molecular flexibility index (Phi) is 9.54. The smallest absolute Gasteiger partial charge is 0.368 e. The number of alkyl halides is 3. The minimum atomic E-state index is -4.74. The molecule has 0 spiro atoms. The third-order valence-corrected chi connectivity index (χ3v) is 6.28. The van der Waals surface area contributed by atoms with Crippen molar-refractivity contribution in [1.29, 1.82) is 5.26 Å². The zero-order valence-corrected chi connectivity index (χ0v) is 21.4. The lowest BCUT2D eigenvalue weighted by Crippen LogP contribution is -2.55. The molecule has 4 nitrogen and oxygen atoms in total. The van der Waals surface area contributed by atoms with E-state index in [1.807, 2.05) is 18.2 Å². The highest BCUT2D eigenvalue weighted by Gasteiger charge is 2.50. The van der Waals surface area contributed by atoms with E-state index in [9.17, 15) is 23.2 Å². The van der Waals surface area contributed by atoms with Crippen LogP contribution >= 0.6 is 38.5 Å². The first-order valence-corrected chi connectivity index (χ1v) is 11.8. The quantitative estimate of drug-likeness (QED) is 0.350. The molecule has 0 saturated carbocycles. The fraction of sp³-hybridized carbons (Fsp3) is 0.391. The summed E-state index contributed by atoms with van der Waals surface area (Å²) in [6.45, 7) is 3.60. The van der Waals surface area contributed by atoms with Gasteiger partial charge in [-0.3, -0.25) is 9.69 Å². The summed E-state index contributed by atoms with van der Waals surface area (Å²) < 4.78 is 45.1. The lowest BCUT2D eigenvalue weighted by Gasteiger charge is -2.41. The van der Waals surface area contributed by atoms with Crippen molar-refractivity contribution in [2.24, 2.45) is 11.7 Å². The van der Waals surface area contributed by atoms with E-state index in [1.165, 1.54) is 24.3 Å². The van der Waals surface area contributed by atoms with Crippen molar-refractivity contribution in [3.63, 3.8) is 0 Å². The molecule has 0 saturated heterocycles. The number of nitrogens with two attached hydrogens (primary N) is 1. The van der Waals surface area contributed by atoms with E-state index in [1.54, 1.807) is 26.0 Å². The van der Waals surface area contributed by atoms with Crippen LogP contribution in [0.15, 0.2) is 53.0 Å². The topological polar surface area (TPSA) is 70.1 Å². The van der Waals surface area contributed by atoms with E-state index in [4.69, 9.17) is 5.73 Å². The molecular formula is C23H24BrF3IN3O. The molecule has 0 aromatic heterocycles. The van der Waals surface area contributed by atoms with Crippen LogP contribution in [-0.4, -0.2) is 29.1 Å². The molecule has 0 aliphatic carbocycles. The van der Waals surface area contributed by atoms with Crippen LogP contribution in [0, 0.1) is 20.8 Å². The molecule has 0 bridgehead atoms. The second-order valence-corrected chi connectivity index (χ2v) is 10.1. The second kappa shape index (κ2) is 11.5. The monoisotopic (exact) mass is 621 g/mol. The number of carbonyl (C=O) groups is 1. The van der Waals surface area contributed by atoms with Crippen LogP contribution in [0.1, 0.15) is 37.4 Å². The van der Waals surface area contributed by atoms with Crippen LogP contribution in [-0.2, 0) is 11.2 Å². The van der Waals surface area contributed by atoms with Crippen molar-refractivity contribution >= 4 is 44.4 Å². The number of amides is 1. The molecule has 2 rings (SSSR count). The van der Waals surface area contributed by atoms with E-state index in [0.717, 1.165) is 8.47 Å². The zero-order chi connectivity index (χ0) is 24.1. The molecule has 0 heterocycles. The van der Waals surface area contributed by atoms with Crippen molar-refractivity contribution < 1.29 is 18.0 Å².